The Kier molecular flexibility index (Phi) is 4.61. The third kappa shape index (κ3) is 3.52. The number of aryl methyl sites for hydroxylation is 1. The van der Waals surface area contributed by atoms with Crippen molar-refractivity contribution in [1.82, 2.24) is 18.9 Å². The molecule has 1 aliphatic heterocycles. The molecule has 3 heterocycles. The quantitative estimate of drug-likeness (QED) is 0.919. The van der Waals surface area contributed by atoms with E-state index in [1.165, 1.54) is 11.5 Å². The minimum absolute atomic E-state index is 0.0499. The molecular weight excluding hydrogens is 312 g/mol. The fraction of sp³-hybridized carbons (Fsp3) is 0.600. The van der Waals surface area contributed by atoms with Gasteiger partial charge in [-0.3, -0.25) is 4.79 Å². The van der Waals surface area contributed by atoms with E-state index >= 15 is 0 Å². The second-order valence-corrected chi connectivity index (χ2v) is 6.96. The van der Waals surface area contributed by atoms with Gasteiger partial charge < -0.3 is 14.8 Å². The molecule has 0 amide bonds. The van der Waals surface area contributed by atoms with Gasteiger partial charge in [-0.2, -0.15) is 4.37 Å². The van der Waals surface area contributed by atoms with Crippen molar-refractivity contribution in [3.05, 3.63) is 28.6 Å². The van der Waals surface area contributed by atoms with Crippen LogP contribution in [0.15, 0.2) is 17.2 Å². The van der Waals surface area contributed by atoms with E-state index in [-0.39, 0.29) is 11.6 Å². The number of anilines is 2. The molecule has 0 aromatic carbocycles. The molecule has 2 aromatic heterocycles. The zero-order valence-electron chi connectivity index (χ0n) is 13.7. The van der Waals surface area contributed by atoms with E-state index in [2.05, 4.69) is 38.4 Å². The molecule has 1 N–H and O–H groups in total. The molecule has 7 nitrogen and oxygen atoms in total. The highest BCUT2D eigenvalue weighted by atomic mass is 32.1. The number of nitrogens with zero attached hydrogens (tertiary/aromatic N) is 5. The summed E-state index contributed by atoms with van der Waals surface area (Å²) in [6.07, 6.45) is 5.43. The Hall–Kier alpha value is -1.96. The van der Waals surface area contributed by atoms with Crippen molar-refractivity contribution in [1.29, 1.82) is 0 Å². The van der Waals surface area contributed by atoms with E-state index in [0.29, 0.717) is 11.7 Å². The van der Waals surface area contributed by atoms with Crippen LogP contribution >= 0.6 is 11.5 Å². The lowest BCUT2D eigenvalue weighted by Crippen LogP contribution is -2.45. The molecule has 3 rings (SSSR count). The molecule has 1 saturated heterocycles. The van der Waals surface area contributed by atoms with Crippen LogP contribution in [0.1, 0.15) is 38.4 Å². The Bertz CT molecular complexity index is 725. The molecular formula is C15H22N6OS. The van der Waals surface area contributed by atoms with E-state index < -0.39 is 0 Å². The lowest BCUT2D eigenvalue weighted by Gasteiger charge is -2.33. The maximum absolute atomic E-state index is 12.2. The smallest absolute Gasteiger partial charge is 0.293 e. The van der Waals surface area contributed by atoms with Crippen molar-refractivity contribution in [2.75, 3.05) is 23.3 Å². The highest BCUT2D eigenvalue weighted by Gasteiger charge is 2.24. The molecule has 0 spiro atoms. The van der Waals surface area contributed by atoms with Crippen LogP contribution in [0.2, 0.25) is 0 Å². The minimum atomic E-state index is -0.0499. The van der Waals surface area contributed by atoms with Gasteiger partial charge in [-0.1, -0.05) is 13.8 Å². The first-order chi connectivity index (χ1) is 11.0. The van der Waals surface area contributed by atoms with Crippen LogP contribution in [0.3, 0.4) is 0 Å². The second-order valence-electron chi connectivity index (χ2n) is 6.21. The summed E-state index contributed by atoms with van der Waals surface area (Å²) in [5, 5.41) is 4.31. The standard InChI is InChI=1S/C15H22N6OS/c1-10(2)12-18-15(23-19-12)17-11-5-4-7-21(9-11)13-14(22)20(3)8-6-16-13/h6,8,10-11H,4-5,7,9H2,1-3H3,(H,17,18,19)/t11-/m0/s1. The van der Waals surface area contributed by atoms with Gasteiger partial charge in [0, 0.05) is 56.0 Å². The molecule has 2 aromatic rings. The molecule has 0 saturated carbocycles. The SMILES string of the molecule is CC(C)c1nsc(N[C@H]2CCCN(c3nccn(C)c3=O)C2)n1. The number of aromatic nitrogens is 4. The van der Waals surface area contributed by atoms with Crippen molar-refractivity contribution in [3.63, 3.8) is 0 Å². The zero-order chi connectivity index (χ0) is 16.4. The molecule has 1 fully saturated rings. The van der Waals surface area contributed by atoms with Gasteiger partial charge in [-0.05, 0) is 12.8 Å². The third-order valence-corrected chi connectivity index (χ3v) is 4.67. The first-order valence-electron chi connectivity index (χ1n) is 7.91. The molecule has 1 aliphatic rings. The molecule has 1 atom stereocenters. The van der Waals surface area contributed by atoms with Crippen molar-refractivity contribution in [2.24, 2.45) is 7.05 Å². The van der Waals surface area contributed by atoms with Crippen LogP contribution in [0.25, 0.3) is 0 Å². The highest BCUT2D eigenvalue weighted by Crippen LogP contribution is 2.21. The molecule has 0 bridgehead atoms. The van der Waals surface area contributed by atoms with Gasteiger partial charge in [0.25, 0.3) is 5.56 Å². The summed E-state index contributed by atoms with van der Waals surface area (Å²) in [6.45, 7) is 5.79. The van der Waals surface area contributed by atoms with E-state index in [1.807, 2.05) is 0 Å². The normalized spacial score (nSPS) is 18.4. The first kappa shape index (κ1) is 15.9. The van der Waals surface area contributed by atoms with E-state index in [0.717, 1.165) is 36.9 Å². The molecule has 8 heteroatoms. The van der Waals surface area contributed by atoms with Crippen LogP contribution in [0, 0.1) is 0 Å². The Labute approximate surface area is 139 Å². The van der Waals surface area contributed by atoms with Crippen LogP contribution in [-0.4, -0.2) is 38.0 Å². The molecule has 0 unspecified atom stereocenters. The first-order valence-corrected chi connectivity index (χ1v) is 8.68. The third-order valence-electron chi connectivity index (χ3n) is 4.01. The van der Waals surface area contributed by atoms with E-state index in [9.17, 15) is 4.79 Å². The Balaban J connectivity index is 1.70. The number of piperidine rings is 1. The maximum atomic E-state index is 12.2. The Morgan fingerprint density at radius 3 is 3.00 bits per heavy atom. The minimum Gasteiger partial charge on any atom is -0.356 e. The van der Waals surface area contributed by atoms with Crippen molar-refractivity contribution in [3.8, 4) is 0 Å². The predicted molar refractivity (Wildman–Crippen MR) is 92.3 cm³/mol. The summed E-state index contributed by atoms with van der Waals surface area (Å²) in [4.78, 5) is 23.1. The molecule has 23 heavy (non-hydrogen) atoms. The maximum Gasteiger partial charge on any atom is 0.293 e. The number of hydrogen-bond donors (Lipinski definition) is 1. The van der Waals surface area contributed by atoms with Gasteiger partial charge in [0.15, 0.2) is 5.82 Å². The molecule has 0 aliphatic carbocycles. The average Bonchev–Trinajstić information content (AvgIpc) is 2.99. The van der Waals surface area contributed by atoms with E-state index in [4.69, 9.17) is 0 Å². The zero-order valence-corrected chi connectivity index (χ0v) is 14.5. The summed E-state index contributed by atoms with van der Waals surface area (Å²) < 4.78 is 5.94. The largest absolute Gasteiger partial charge is 0.356 e. The summed E-state index contributed by atoms with van der Waals surface area (Å²) in [5.41, 5.74) is -0.0499. The van der Waals surface area contributed by atoms with Gasteiger partial charge in [-0.25, -0.2) is 9.97 Å². The predicted octanol–water partition coefficient (Wildman–Crippen LogP) is 1.84. The van der Waals surface area contributed by atoms with Crippen LogP contribution in [-0.2, 0) is 7.05 Å². The monoisotopic (exact) mass is 334 g/mol. The number of rotatable bonds is 4. The van der Waals surface area contributed by atoms with Gasteiger partial charge in [0.1, 0.15) is 5.82 Å². The summed E-state index contributed by atoms with van der Waals surface area (Å²) in [5.74, 6) is 1.74. The van der Waals surface area contributed by atoms with E-state index in [1.54, 1.807) is 24.0 Å². The number of hydrogen-bond acceptors (Lipinski definition) is 7. The fourth-order valence-corrected chi connectivity index (χ4v) is 3.48. The second kappa shape index (κ2) is 6.66. The van der Waals surface area contributed by atoms with Gasteiger partial charge in [0.05, 0.1) is 0 Å². The fourth-order valence-electron chi connectivity index (χ4n) is 2.69. The van der Waals surface area contributed by atoms with Crippen LogP contribution in [0.5, 0.6) is 0 Å². The summed E-state index contributed by atoms with van der Waals surface area (Å²) in [7, 11) is 1.75. The lowest BCUT2D eigenvalue weighted by molar-refractivity contribution is 0.523. The summed E-state index contributed by atoms with van der Waals surface area (Å²) >= 11 is 1.40. The lowest BCUT2D eigenvalue weighted by atomic mass is 10.1. The molecule has 124 valence electrons. The van der Waals surface area contributed by atoms with Gasteiger partial charge >= 0.3 is 0 Å². The van der Waals surface area contributed by atoms with Crippen LogP contribution in [0.4, 0.5) is 10.9 Å². The van der Waals surface area contributed by atoms with Crippen molar-refractivity contribution >= 4 is 22.5 Å². The van der Waals surface area contributed by atoms with Crippen molar-refractivity contribution in [2.45, 2.75) is 38.6 Å². The van der Waals surface area contributed by atoms with Gasteiger partial charge in [-0.15, -0.1) is 0 Å². The Morgan fingerprint density at radius 1 is 1.43 bits per heavy atom. The highest BCUT2D eigenvalue weighted by molar-refractivity contribution is 7.09. The van der Waals surface area contributed by atoms with Crippen molar-refractivity contribution < 1.29 is 0 Å². The molecule has 0 radical (unpaired) electrons. The Morgan fingerprint density at radius 2 is 2.26 bits per heavy atom. The summed E-state index contributed by atoms with van der Waals surface area (Å²) in [6, 6.07) is 0.253. The average molecular weight is 334 g/mol. The topological polar surface area (TPSA) is 75.9 Å². The van der Waals surface area contributed by atoms with Gasteiger partial charge in [0.2, 0.25) is 5.13 Å². The number of nitrogens with one attached hydrogen (secondary N) is 1. The van der Waals surface area contributed by atoms with Crippen LogP contribution < -0.4 is 15.8 Å².